The molecule has 0 aliphatic heterocycles. The van der Waals surface area contributed by atoms with Gasteiger partial charge in [0, 0.05) is 24.5 Å². The molecule has 1 saturated carbocycles. The Hall–Kier alpha value is -1.81. The Kier molecular flexibility index (Phi) is 3.25. The maximum absolute atomic E-state index is 11.9. The summed E-state index contributed by atoms with van der Waals surface area (Å²) in [6.45, 7) is 1.85. The van der Waals surface area contributed by atoms with E-state index in [-0.39, 0.29) is 5.56 Å². The molecule has 1 heterocycles. The summed E-state index contributed by atoms with van der Waals surface area (Å²) >= 11 is 0. The Morgan fingerprint density at radius 1 is 1.37 bits per heavy atom. The smallest absolute Gasteiger partial charge is 0.257 e. The number of rotatable bonds is 5. The number of aromatic amines is 1. The molecule has 19 heavy (non-hydrogen) atoms. The Balaban J connectivity index is 1.69. The maximum Gasteiger partial charge on any atom is 0.257 e. The van der Waals surface area contributed by atoms with Gasteiger partial charge >= 0.3 is 0 Å². The van der Waals surface area contributed by atoms with Crippen LogP contribution < -0.4 is 10.9 Å². The summed E-state index contributed by atoms with van der Waals surface area (Å²) in [6, 6.07) is 10.4. The van der Waals surface area contributed by atoms with Crippen LogP contribution in [-0.4, -0.2) is 36.1 Å². The molecule has 4 nitrogen and oxygen atoms in total. The van der Waals surface area contributed by atoms with Crippen LogP contribution in [0.5, 0.6) is 0 Å². The molecule has 1 aliphatic carbocycles. The number of fused-ring (bicyclic) bond motifs is 1. The molecule has 1 aromatic carbocycles. The van der Waals surface area contributed by atoms with E-state index < -0.39 is 0 Å². The molecule has 1 aromatic heterocycles. The summed E-state index contributed by atoms with van der Waals surface area (Å²) < 4.78 is 0. The van der Waals surface area contributed by atoms with Crippen LogP contribution in [0.1, 0.15) is 12.8 Å². The lowest BCUT2D eigenvalue weighted by atomic mass is 10.2. The van der Waals surface area contributed by atoms with Crippen molar-refractivity contribution in [2.24, 2.45) is 0 Å². The van der Waals surface area contributed by atoms with Crippen molar-refractivity contribution in [1.82, 2.24) is 9.88 Å². The molecule has 2 aromatic rings. The van der Waals surface area contributed by atoms with Gasteiger partial charge in [0.25, 0.3) is 5.56 Å². The number of nitrogens with one attached hydrogen (secondary N) is 2. The molecule has 4 heteroatoms. The van der Waals surface area contributed by atoms with Gasteiger partial charge in [0.15, 0.2) is 0 Å². The molecule has 100 valence electrons. The average molecular weight is 257 g/mol. The number of H-pyrrole nitrogens is 1. The van der Waals surface area contributed by atoms with E-state index in [1.54, 1.807) is 0 Å². The predicted octanol–water partition coefficient (Wildman–Crippen LogP) is 2.03. The fourth-order valence-corrected chi connectivity index (χ4v) is 2.37. The van der Waals surface area contributed by atoms with Crippen molar-refractivity contribution < 1.29 is 0 Å². The van der Waals surface area contributed by atoms with E-state index >= 15 is 0 Å². The summed E-state index contributed by atoms with van der Waals surface area (Å²) in [5.41, 5.74) is -0.0313. The van der Waals surface area contributed by atoms with Crippen molar-refractivity contribution in [1.29, 1.82) is 0 Å². The first kappa shape index (κ1) is 12.2. The third-order valence-electron chi connectivity index (χ3n) is 3.70. The van der Waals surface area contributed by atoms with E-state index in [9.17, 15) is 4.79 Å². The van der Waals surface area contributed by atoms with Gasteiger partial charge in [0.05, 0.1) is 0 Å². The zero-order valence-electron chi connectivity index (χ0n) is 11.1. The number of hydrogen-bond acceptors (Lipinski definition) is 3. The number of pyridine rings is 1. The second-order valence-corrected chi connectivity index (χ2v) is 5.24. The molecule has 0 unspecified atom stereocenters. The molecule has 0 bridgehead atoms. The molecule has 0 amide bonds. The van der Waals surface area contributed by atoms with Gasteiger partial charge in [0.1, 0.15) is 5.82 Å². The molecule has 3 rings (SSSR count). The van der Waals surface area contributed by atoms with Crippen LogP contribution in [0.25, 0.3) is 10.8 Å². The largest absolute Gasteiger partial charge is 0.370 e. The zero-order valence-corrected chi connectivity index (χ0v) is 11.1. The Morgan fingerprint density at radius 2 is 2.16 bits per heavy atom. The number of hydrogen-bond donors (Lipinski definition) is 2. The first-order chi connectivity index (χ1) is 9.24. The van der Waals surface area contributed by atoms with Crippen molar-refractivity contribution in [3.05, 3.63) is 40.7 Å². The van der Waals surface area contributed by atoms with Crippen LogP contribution >= 0.6 is 0 Å². The van der Waals surface area contributed by atoms with Crippen LogP contribution in [0.3, 0.4) is 0 Å². The lowest BCUT2D eigenvalue weighted by molar-refractivity contribution is 0.337. The third-order valence-corrected chi connectivity index (χ3v) is 3.70. The van der Waals surface area contributed by atoms with E-state index in [1.807, 2.05) is 30.3 Å². The molecule has 0 saturated heterocycles. The predicted molar refractivity (Wildman–Crippen MR) is 78.7 cm³/mol. The van der Waals surface area contributed by atoms with E-state index in [1.165, 1.54) is 12.8 Å². The quantitative estimate of drug-likeness (QED) is 0.861. The van der Waals surface area contributed by atoms with Gasteiger partial charge in [-0.3, -0.25) is 4.79 Å². The minimum atomic E-state index is -0.0313. The topological polar surface area (TPSA) is 48.1 Å². The number of benzene rings is 1. The number of likely N-dealkylation sites (N-methyl/N-ethyl adjacent to an activating group) is 1. The maximum atomic E-state index is 11.9. The standard InChI is InChI=1S/C15H19N3O/c1-18(12-6-7-12)9-8-16-14-10-11-4-2-3-5-13(11)15(19)17-14/h2-5,10,12H,6-9H2,1H3,(H2,16,17,19). The second-order valence-electron chi connectivity index (χ2n) is 5.24. The minimum absolute atomic E-state index is 0.0313. The first-order valence-corrected chi connectivity index (χ1v) is 6.80. The van der Waals surface area contributed by atoms with Crippen LogP contribution in [0, 0.1) is 0 Å². The summed E-state index contributed by atoms with van der Waals surface area (Å²) in [5, 5.41) is 5.01. The van der Waals surface area contributed by atoms with Gasteiger partial charge in [0.2, 0.25) is 0 Å². The van der Waals surface area contributed by atoms with Gasteiger partial charge in [-0.2, -0.15) is 0 Å². The molecule has 0 atom stereocenters. The van der Waals surface area contributed by atoms with Gasteiger partial charge < -0.3 is 15.2 Å². The summed E-state index contributed by atoms with van der Waals surface area (Å²) in [5.74, 6) is 0.799. The highest BCUT2D eigenvalue weighted by atomic mass is 16.1. The van der Waals surface area contributed by atoms with Crippen LogP contribution in [-0.2, 0) is 0 Å². The van der Waals surface area contributed by atoms with Gasteiger partial charge in [-0.25, -0.2) is 0 Å². The van der Waals surface area contributed by atoms with E-state index in [2.05, 4.69) is 22.2 Å². The van der Waals surface area contributed by atoms with Crippen LogP contribution in [0.2, 0.25) is 0 Å². The Labute approximate surface area is 112 Å². The van der Waals surface area contributed by atoms with Crippen molar-refractivity contribution in [3.8, 4) is 0 Å². The minimum Gasteiger partial charge on any atom is -0.370 e. The second kappa shape index (κ2) is 5.05. The number of aromatic nitrogens is 1. The summed E-state index contributed by atoms with van der Waals surface area (Å²) in [7, 11) is 2.16. The van der Waals surface area contributed by atoms with E-state index in [0.29, 0.717) is 0 Å². The molecule has 1 aliphatic rings. The lowest BCUT2D eigenvalue weighted by Gasteiger charge is -2.16. The van der Waals surface area contributed by atoms with Crippen molar-refractivity contribution in [3.63, 3.8) is 0 Å². The molecular weight excluding hydrogens is 238 g/mol. The normalized spacial score (nSPS) is 15.1. The highest BCUT2D eigenvalue weighted by Gasteiger charge is 2.25. The molecule has 0 radical (unpaired) electrons. The third kappa shape index (κ3) is 2.79. The van der Waals surface area contributed by atoms with Crippen molar-refractivity contribution >= 4 is 16.6 Å². The highest BCUT2D eigenvalue weighted by Crippen LogP contribution is 2.24. The van der Waals surface area contributed by atoms with E-state index in [0.717, 1.165) is 35.7 Å². The summed E-state index contributed by atoms with van der Waals surface area (Å²) in [4.78, 5) is 17.2. The van der Waals surface area contributed by atoms with Gasteiger partial charge in [-0.15, -0.1) is 0 Å². The Morgan fingerprint density at radius 3 is 2.95 bits per heavy atom. The van der Waals surface area contributed by atoms with Gasteiger partial charge in [-0.1, -0.05) is 18.2 Å². The molecule has 1 fully saturated rings. The zero-order chi connectivity index (χ0) is 13.2. The van der Waals surface area contributed by atoms with Crippen LogP contribution in [0.15, 0.2) is 35.1 Å². The molecule has 0 spiro atoms. The Bertz CT molecular complexity index is 631. The highest BCUT2D eigenvalue weighted by molar-refractivity contribution is 5.83. The van der Waals surface area contributed by atoms with E-state index in [4.69, 9.17) is 0 Å². The molecular formula is C15H19N3O. The van der Waals surface area contributed by atoms with Crippen molar-refractivity contribution in [2.75, 3.05) is 25.5 Å². The number of nitrogens with zero attached hydrogens (tertiary/aromatic N) is 1. The lowest BCUT2D eigenvalue weighted by Crippen LogP contribution is -2.27. The number of anilines is 1. The fourth-order valence-electron chi connectivity index (χ4n) is 2.37. The first-order valence-electron chi connectivity index (χ1n) is 6.80. The van der Waals surface area contributed by atoms with Gasteiger partial charge in [-0.05, 0) is 37.4 Å². The summed E-state index contributed by atoms with van der Waals surface area (Å²) in [6.07, 6.45) is 2.65. The van der Waals surface area contributed by atoms with Crippen molar-refractivity contribution in [2.45, 2.75) is 18.9 Å². The monoisotopic (exact) mass is 257 g/mol. The average Bonchev–Trinajstić information content (AvgIpc) is 3.23. The van der Waals surface area contributed by atoms with Crippen LogP contribution in [0.4, 0.5) is 5.82 Å². The molecule has 2 N–H and O–H groups in total. The fraction of sp³-hybridized carbons (Fsp3) is 0.400. The SMILES string of the molecule is CN(CCNc1cc2ccccc2c(=O)[nH]1)C1CC1.